The Labute approximate surface area is 111 Å². The van der Waals surface area contributed by atoms with Crippen molar-refractivity contribution in [2.75, 3.05) is 0 Å². The molecule has 1 unspecified atom stereocenters. The maximum Gasteiger partial charge on any atom is 0.341 e. The summed E-state index contributed by atoms with van der Waals surface area (Å²) >= 11 is 0. The molecule has 98 valence electrons. The Morgan fingerprint density at radius 3 is 2.63 bits per heavy atom. The number of nitrogens with zero attached hydrogens (tertiary/aromatic N) is 1. The quantitative estimate of drug-likeness (QED) is 0.913. The van der Waals surface area contributed by atoms with Crippen LogP contribution in [0.1, 0.15) is 34.6 Å². The molecule has 19 heavy (non-hydrogen) atoms. The SMILES string of the molecule is Cc1cc(OC(C)c2ccccc2)c(C(=O)O)cn1. The van der Waals surface area contributed by atoms with Crippen LogP contribution in [0.3, 0.4) is 0 Å². The summed E-state index contributed by atoms with van der Waals surface area (Å²) < 4.78 is 5.75. The monoisotopic (exact) mass is 257 g/mol. The van der Waals surface area contributed by atoms with Crippen molar-refractivity contribution in [3.05, 3.63) is 59.4 Å². The Hall–Kier alpha value is -2.36. The number of aromatic nitrogens is 1. The van der Waals surface area contributed by atoms with Gasteiger partial charge < -0.3 is 9.84 Å². The highest BCUT2D eigenvalue weighted by Crippen LogP contribution is 2.25. The van der Waals surface area contributed by atoms with E-state index in [1.807, 2.05) is 37.3 Å². The van der Waals surface area contributed by atoms with Crippen LogP contribution in [-0.4, -0.2) is 16.1 Å². The van der Waals surface area contributed by atoms with Crippen LogP contribution < -0.4 is 4.74 Å². The molecule has 1 N–H and O–H groups in total. The number of carboxylic acids is 1. The van der Waals surface area contributed by atoms with Crippen LogP contribution in [0.25, 0.3) is 0 Å². The third-order valence-electron chi connectivity index (χ3n) is 2.81. The molecule has 0 bridgehead atoms. The molecule has 1 atom stereocenters. The van der Waals surface area contributed by atoms with Crippen molar-refractivity contribution in [1.29, 1.82) is 0 Å². The fourth-order valence-corrected chi connectivity index (χ4v) is 1.78. The first-order chi connectivity index (χ1) is 9.08. The van der Waals surface area contributed by atoms with E-state index in [1.165, 1.54) is 6.20 Å². The van der Waals surface area contributed by atoms with Crippen LogP contribution in [0.2, 0.25) is 0 Å². The van der Waals surface area contributed by atoms with Crippen LogP contribution in [0, 0.1) is 6.92 Å². The van der Waals surface area contributed by atoms with Crippen molar-refractivity contribution in [3.8, 4) is 5.75 Å². The first kappa shape index (κ1) is 13.1. The normalized spacial score (nSPS) is 11.9. The molecule has 0 amide bonds. The number of ether oxygens (including phenoxy) is 1. The molecular formula is C15H15NO3. The van der Waals surface area contributed by atoms with Crippen molar-refractivity contribution in [1.82, 2.24) is 4.98 Å². The number of rotatable bonds is 4. The standard InChI is InChI=1S/C15H15NO3/c1-10-8-14(13(9-16-10)15(17)18)19-11(2)12-6-4-3-5-7-12/h3-9,11H,1-2H3,(H,17,18). The lowest BCUT2D eigenvalue weighted by Gasteiger charge is -2.16. The van der Waals surface area contributed by atoms with Gasteiger partial charge in [-0.2, -0.15) is 0 Å². The number of carbonyl (C=O) groups is 1. The first-order valence-electron chi connectivity index (χ1n) is 5.99. The molecule has 1 heterocycles. The summed E-state index contributed by atoms with van der Waals surface area (Å²) in [7, 11) is 0. The van der Waals surface area contributed by atoms with Gasteiger partial charge in [-0.1, -0.05) is 30.3 Å². The zero-order valence-electron chi connectivity index (χ0n) is 10.8. The van der Waals surface area contributed by atoms with Crippen LogP contribution in [0.5, 0.6) is 5.75 Å². The summed E-state index contributed by atoms with van der Waals surface area (Å²) in [6, 6.07) is 11.3. The van der Waals surface area contributed by atoms with E-state index < -0.39 is 5.97 Å². The Morgan fingerprint density at radius 2 is 2.00 bits per heavy atom. The average molecular weight is 257 g/mol. The average Bonchev–Trinajstić information content (AvgIpc) is 2.39. The van der Waals surface area contributed by atoms with Gasteiger partial charge in [0.05, 0.1) is 0 Å². The maximum atomic E-state index is 11.1. The second kappa shape index (κ2) is 5.52. The van der Waals surface area contributed by atoms with Crippen molar-refractivity contribution >= 4 is 5.97 Å². The molecule has 0 aliphatic carbocycles. The highest BCUT2D eigenvalue weighted by molar-refractivity contribution is 5.90. The van der Waals surface area contributed by atoms with Crippen LogP contribution in [-0.2, 0) is 0 Å². The van der Waals surface area contributed by atoms with Gasteiger partial charge in [0.25, 0.3) is 0 Å². The third-order valence-corrected chi connectivity index (χ3v) is 2.81. The zero-order chi connectivity index (χ0) is 13.8. The smallest absolute Gasteiger partial charge is 0.341 e. The zero-order valence-corrected chi connectivity index (χ0v) is 10.8. The van der Waals surface area contributed by atoms with E-state index in [1.54, 1.807) is 13.0 Å². The molecule has 0 saturated heterocycles. The van der Waals surface area contributed by atoms with E-state index in [2.05, 4.69) is 4.98 Å². The number of hydrogen-bond acceptors (Lipinski definition) is 3. The molecule has 4 nitrogen and oxygen atoms in total. The van der Waals surface area contributed by atoms with Gasteiger partial charge in [0.2, 0.25) is 0 Å². The van der Waals surface area contributed by atoms with E-state index in [0.717, 1.165) is 11.3 Å². The van der Waals surface area contributed by atoms with Gasteiger partial charge in [-0.3, -0.25) is 4.98 Å². The van der Waals surface area contributed by atoms with Gasteiger partial charge in [0, 0.05) is 18.0 Å². The molecule has 0 aliphatic rings. The first-order valence-corrected chi connectivity index (χ1v) is 5.99. The van der Waals surface area contributed by atoms with E-state index >= 15 is 0 Å². The molecule has 0 saturated carbocycles. The molecule has 0 fully saturated rings. The lowest BCUT2D eigenvalue weighted by molar-refractivity contribution is 0.0689. The predicted octanol–water partition coefficient (Wildman–Crippen LogP) is 3.23. The highest BCUT2D eigenvalue weighted by atomic mass is 16.5. The van der Waals surface area contributed by atoms with Crippen LogP contribution >= 0.6 is 0 Å². The summed E-state index contributed by atoms with van der Waals surface area (Å²) in [5.41, 5.74) is 1.79. The minimum Gasteiger partial charge on any atom is -0.485 e. The van der Waals surface area contributed by atoms with Crippen molar-refractivity contribution in [2.24, 2.45) is 0 Å². The van der Waals surface area contributed by atoms with Gasteiger partial charge >= 0.3 is 5.97 Å². The van der Waals surface area contributed by atoms with Gasteiger partial charge in [-0.05, 0) is 19.4 Å². The fourth-order valence-electron chi connectivity index (χ4n) is 1.78. The number of aryl methyl sites for hydroxylation is 1. The maximum absolute atomic E-state index is 11.1. The second-order valence-corrected chi connectivity index (χ2v) is 4.30. The minimum absolute atomic E-state index is 0.0772. The summed E-state index contributed by atoms with van der Waals surface area (Å²) in [5, 5.41) is 9.12. The molecule has 0 spiro atoms. The second-order valence-electron chi connectivity index (χ2n) is 4.30. The Bertz CT molecular complexity index is 581. The van der Waals surface area contributed by atoms with Gasteiger partial charge in [0.1, 0.15) is 17.4 Å². The van der Waals surface area contributed by atoms with Crippen molar-refractivity contribution in [2.45, 2.75) is 20.0 Å². The highest BCUT2D eigenvalue weighted by Gasteiger charge is 2.15. The van der Waals surface area contributed by atoms with E-state index in [-0.39, 0.29) is 11.7 Å². The minimum atomic E-state index is -1.04. The van der Waals surface area contributed by atoms with E-state index in [9.17, 15) is 4.79 Å². The lowest BCUT2D eigenvalue weighted by Crippen LogP contribution is -2.08. The number of carboxylic acid groups (broad SMARTS) is 1. The molecular weight excluding hydrogens is 242 g/mol. The topological polar surface area (TPSA) is 59.4 Å². The third kappa shape index (κ3) is 3.10. The molecule has 4 heteroatoms. The van der Waals surface area contributed by atoms with Crippen LogP contribution in [0.15, 0.2) is 42.6 Å². The van der Waals surface area contributed by atoms with Gasteiger partial charge in [0.15, 0.2) is 0 Å². The Morgan fingerprint density at radius 1 is 1.32 bits per heavy atom. The molecule has 2 aromatic rings. The molecule has 1 aromatic heterocycles. The summed E-state index contributed by atoms with van der Waals surface area (Å²) in [4.78, 5) is 15.1. The van der Waals surface area contributed by atoms with Crippen molar-refractivity contribution in [3.63, 3.8) is 0 Å². The molecule has 0 radical (unpaired) electrons. The fraction of sp³-hybridized carbons (Fsp3) is 0.200. The largest absolute Gasteiger partial charge is 0.485 e. The molecule has 1 aromatic carbocycles. The molecule has 2 rings (SSSR count). The number of pyridine rings is 1. The predicted molar refractivity (Wildman–Crippen MR) is 71.4 cm³/mol. The molecule has 0 aliphatic heterocycles. The van der Waals surface area contributed by atoms with E-state index in [4.69, 9.17) is 9.84 Å². The number of aromatic carboxylic acids is 1. The Balaban J connectivity index is 2.28. The van der Waals surface area contributed by atoms with Crippen molar-refractivity contribution < 1.29 is 14.6 Å². The summed E-state index contributed by atoms with van der Waals surface area (Å²) in [6.07, 6.45) is 1.10. The van der Waals surface area contributed by atoms with Crippen LogP contribution in [0.4, 0.5) is 0 Å². The summed E-state index contributed by atoms with van der Waals surface area (Å²) in [5.74, 6) is -0.695. The number of hydrogen-bond donors (Lipinski definition) is 1. The lowest BCUT2D eigenvalue weighted by atomic mass is 10.1. The van der Waals surface area contributed by atoms with Gasteiger partial charge in [-0.25, -0.2) is 4.79 Å². The van der Waals surface area contributed by atoms with E-state index in [0.29, 0.717) is 5.75 Å². The summed E-state index contributed by atoms with van der Waals surface area (Å²) in [6.45, 7) is 3.68. The Kier molecular flexibility index (Phi) is 3.80. The van der Waals surface area contributed by atoms with Gasteiger partial charge in [-0.15, -0.1) is 0 Å². The number of benzene rings is 1.